The van der Waals surface area contributed by atoms with Crippen LogP contribution in [0, 0.1) is 29.6 Å². The van der Waals surface area contributed by atoms with Gasteiger partial charge >= 0.3 is 23.9 Å². The second kappa shape index (κ2) is 13.5. The van der Waals surface area contributed by atoms with E-state index in [1.807, 2.05) is 0 Å². The fraction of sp³-hybridized carbons (Fsp3) is 0.812. The van der Waals surface area contributed by atoms with E-state index in [9.17, 15) is 19.2 Å². The maximum atomic E-state index is 12.2. The number of hydrogen-bond acceptors (Lipinski definition) is 11. The summed E-state index contributed by atoms with van der Waals surface area (Å²) < 4.78 is 40.8. The monoisotopic (exact) mass is 606 g/mol. The summed E-state index contributed by atoms with van der Waals surface area (Å²) in [6, 6.07) is 0. The zero-order valence-corrected chi connectivity index (χ0v) is 25.9. The first-order chi connectivity index (χ1) is 20.5. The normalized spacial score (nSPS) is 38.2. The van der Waals surface area contributed by atoms with Crippen molar-refractivity contribution in [3.8, 4) is 0 Å². The Morgan fingerprint density at radius 2 is 1.30 bits per heavy atom. The lowest BCUT2D eigenvalue weighted by molar-refractivity contribution is -0.319. The Kier molecular flexibility index (Phi) is 10.0. The number of carbonyl (C=O) groups is 4. The molecule has 0 N–H and O–H groups in total. The van der Waals surface area contributed by atoms with E-state index >= 15 is 0 Å². The van der Waals surface area contributed by atoms with Crippen LogP contribution < -0.4 is 0 Å². The average molecular weight is 607 g/mol. The molecular formula is C32H46O11. The van der Waals surface area contributed by atoms with Gasteiger partial charge in [-0.2, -0.15) is 0 Å². The first-order valence-electron chi connectivity index (χ1n) is 15.8. The fourth-order valence-electron chi connectivity index (χ4n) is 8.61. The van der Waals surface area contributed by atoms with E-state index in [2.05, 4.69) is 0 Å². The van der Waals surface area contributed by atoms with Crippen molar-refractivity contribution in [2.24, 2.45) is 29.6 Å². The maximum absolute atomic E-state index is 12.2. The van der Waals surface area contributed by atoms with Crippen molar-refractivity contribution in [2.45, 2.75) is 122 Å². The predicted molar refractivity (Wildman–Crippen MR) is 150 cm³/mol. The molecule has 5 saturated carbocycles. The third kappa shape index (κ3) is 7.36. The Morgan fingerprint density at radius 3 is 1.86 bits per heavy atom. The van der Waals surface area contributed by atoms with Gasteiger partial charge in [0.15, 0.2) is 24.6 Å². The molecule has 1 heterocycles. The second-order valence-electron chi connectivity index (χ2n) is 13.0. The Hall–Kier alpha value is -2.66. The summed E-state index contributed by atoms with van der Waals surface area (Å²) >= 11 is 0. The first-order valence-corrected chi connectivity index (χ1v) is 15.8. The number of methoxy groups -OCH3 is 1. The van der Waals surface area contributed by atoms with Crippen LogP contribution >= 0.6 is 0 Å². The van der Waals surface area contributed by atoms with E-state index in [1.165, 1.54) is 65.4 Å². The lowest BCUT2D eigenvalue weighted by Crippen LogP contribution is -2.63. The number of esters is 4. The molecule has 0 aromatic carbocycles. The Bertz CT molecular complexity index is 1070. The molecule has 0 aromatic heterocycles. The molecule has 6 aliphatic rings. The molecule has 0 spiro atoms. The molecule has 7 atom stereocenters. The topological polar surface area (TPSA) is 133 Å². The van der Waals surface area contributed by atoms with Crippen LogP contribution in [-0.2, 0) is 52.3 Å². The van der Waals surface area contributed by atoms with Crippen LogP contribution in [0.1, 0.15) is 85.5 Å². The lowest BCUT2D eigenvalue weighted by atomic mass is 9.53. The van der Waals surface area contributed by atoms with E-state index in [-0.39, 0.29) is 18.6 Å². The molecule has 6 fully saturated rings. The molecule has 5 aliphatic carbocycles. The fourth-order valence-corrected chi connectivity index (χ4v) is 8.61. The standard InChI is InChI=1S/C32H46O11/c1-16(33)38-15-26-29(39-17(2)34)30(40-18(3)35)31(41-19(4)36)32(43-26)42-25-8-6-7-22(14-25)28(37-5)27-23-10-20-9-21(12-23)13-24(27)11-20/h20-26,29-32H,6-15H2,1-5H3. The first kappa shape index (κ1) is 31.8. The van der Waals surface area contributed by atoms with Gasteiger partial charge in [0.1, 0.15) is 12.7 Å². The molecule has 1 aliphatic heterocycles. The van der Waals surface area contributed by atoms with Crippen LogP contribution in [0.15, 0.2) is 11.3 Å². The molecule has 11 heteroatoms. The van der Waals surface area contributed by atoms with Crippen LogP contribution in [0.3, 0.4) is 0 Å². The molecule has 240 valence electrons. The van der Waals surface area contributed by atoms with Gasteiger partial charge in [0.05, 0.1) is 19.0 Å². The van der Waals surface area contributed by atoms with Gasteiger partial charge in [-0.05, 0) is 80.6 Å². The molecule has 0 radical (unpaired) electrons. The molecule has 7 unspecified atom stereocenters. The highest BCUT2D eigenvalue weighted by atomic mass is 16.7. The number of carbonyl (C=O) groups excluding carboxylic acids is 4. The van der Waals surface area contributed by atoms with Crippen molar-refractivity contribution in [1.29, 1.82) is 0 Å². The number of ether oxygens (including phenoxy) is 7. The quantitative estimate of drug-likeness (QED) is 0.214. The van der Waals surface area contributed by atoms with Crippen molar-refractivity contribution in [3.05, 3.63) is 11.3 Å². The lowest BCUT2D eigenvalue weighted by Gasteiger charge is -2.52. The van der Waals surface area contributed by atoms with Gasteiger partial charge in [0, 0.05) is 33.6 Å². The van der Waals surface area contributed by atoms with Gasteiger partial charge in [0.25, 0.3) is 0 Å². The van der Waals surface area contributed by atoms with E-state index in [0.717, 1.165) is 36.9 Å². The molecule has 1 saturated heterocycles. The number of hydrogen-bond donors (Lipinski definition) is 0. The van der Waals surface area contributed by atoms with Gasteiger partial charge in [-0.1, -0.05) is 6.42 Å². The summed E-state index contributed by atoms with van der Waals surface area (Å²) in [6.45, 7) is 4.60. The minimum absolute atomic E-state index is 0.196. The van der Waals surface area contributed by atoms with Crippen LogP contribution in [0.25, 0.3) is 0 Å². The van der Waals surface area contributed by atoms with E-state index in [4.69, 9.17) is 33.2 Å². The largest absolute Gasteiger partial charge is 0.501 e. The van der Waals surface area contributed by atoms with Gasteiger partial charge < -0.3 is 33.2 Å². The molecule has 4 bridgehead atoms. The van der Waals surface area contributed by atoms with Crippen LogP contribution in [0.2, 0.25) is 0 Å². The maximum Gasteiger partial charge on any atom is 0.303 e. The third-order valence-electron chi connectivity index (χ3n) is 9.79. The van der Waals surface area contributed by atoms with Crippen molar-refractivity contribution < 1.29 is 52.3 Å². The second-order valence-corrected chi connectivity index (χ2v) is 13.0. The molecule has 0 amide bonds. The molecule has 11 nitrogen and oxygen atoms in total. The highest BCUT2D eigenvalue weighted by molar-refractivity contribution is 5.68. The van der Waals surface area contributed by atoms with Crippen molar-refractivity contribution in [1.82, 2.24) is 0 Å². The highest BCUT2D eigenvalue weighted by Gasteiger charge is 2.54. The smallest absolute Gasteiger partial charge is 0.303 e. The minimum atomic E-state index is -1.24. The third-order valence-corrected chi connectivity index (χ3v) is 9.79. The molecule has 43 heavy (non-hydrogen) atoms. The van der Waals surface area contributed by atoms with Crippen molar-refractivity contribution in [3.63, 3.8) is 0 Å². The molecule has 6 rings (SSSR count). The zero-order valence-electron chi connectivity index (χ0n) is 25.9. The summed E-state index contributed by atoms with van der Waals surface area (Å²) in [5, 5.41) is 0. The Labute approximate surface area is 253 Å². The van der Waals surface area contributed by atoms with E-state index < -0.39 is 54.6 Å². The highest BCUT2D eigenvalue weighted by Crippen LogP contribution is 2.58. The number of allylic oxidation sites excluding steroid dienone is 2. The van der Waals surface area contributed by atoms with Crippen LogP contribution in [0.4, 0.5) is 0 Å². The minimum Gasteiger partial charge on any atom is -0.501 e. The van der Waals surface area contributed by atoms with E-state index in [0.29, 0.717) is 18.3 Å². The van der Waals surface area contributed by atoms with Gasteiger partial charge in [-0.25, -0.2) is 0 Å². The Morgan fingerprint density at radius 1 is 0.721 bits per heavy atom. The summed E-state index contributed by atoms with van der Waals surface area (Å²) in [7, 11) is 1.79. The van der Waals surface area contributed by atoms with Gasteiger partial charge in [-0.15, -0.1) is 0 Å². The summed E-state index contributed by atoms with van der Waals surface area (Å²) in [4.78, 5) is 48.0. The van der Waals surface area contributed by atoms with Gasteiger partial charge in [-0.3, -0.25) is 19.2 Å². The summed E-state index contributed by atoms with van der Waals surface area (Å²) in [5.41, 5.74) is 1.53. The van der Waals surface area contributed by atoms with E-state index in [1.54, 1.807) is 7.11 Å². The Balaban J connectivity index is 1.38. The van der Waals surface area contributed by atoms with Crippen LogP contribution in [0.5, 0.6) is 0 Å². The van der Waals surface area contributed by atoms with Crippen molar-refractivity contribution >= 4 is 23.9 Å². The average Bonchev–Trinajstić information content (AvgIpc) is 2.92. The van der Waals surface area contributed by atoms with Crippen molar-refractivity contribution in [2.75, 3.05) is 13.7 Å². The summed E-state index contributed by atoms with van der Waals surface area (Å²) in [6.07, 6.45) is 3.72. The SMILES string of the molecule is COC(=C1C2CC3CC(C2)CC1C3)C1CCCC(OC2OC(COC(C)=O)C(OC(C)=O)C(OC(C)=O)C2OC(C)=O)C1. The molecule has 0 aromatic rings. The van der Waals surface area contributed by atoms with Crippen LogP contribution in [-0.4, -0.2) is 74.4 Å². The summed E-state index contributed by atoms with van der Waals surface area (Å²) in [5.74, 6) is 1.73. The zero-order chi connectivity index (χ0) is 30.8. The van der Waals surface area contributed by atoms with Gasteiger partial charge in [0.2, 0.25) is 0 Å². The number of rotatable bonds is 9. The molecular weight excluding hydrogens is 560 g/mol. The predicted octanol–water partition coefficient (Wildman–Crippen LogP) is 4.00.